The summed E-state index contributed by atoms with van der Waals surface area (Å²) in [4.78, 5) is 31.1. The highest BCUT2D eigenvalue weighted by Gasteiger charge is 2.45. The first-order valence-corrected chi connectivity index (χ1v) is 9.44. The van der Waals surface area contributed by atoms with Crippen molar-refractivity contribution in [1.29, 1.82) is 0 Å². The minimum Gasteiger partial charge on any atom is -0.507 e. The summed E-state index contributed by atoms with van der Waals surface area (Å²) in [5.74, 6) is -0.514. The Kier molecular flexibility index (Phi) is 6.16. The van der Waals surface area contributed by atoms with Gasteiger partial charge in [0.25, 0.3) is 11.7 Å². The Morgan fingerprint density at radius 1 is 1.10 bits per heavy atom. The van der Waals surface area contributed by atoms with Crippen LogP contribution in [0.1, 0.15) is 36.9 Å². The number of carbonyl (C=O) groups is 2. The van der Waals surface area contributed by atoms with Gasteiger partial charge in [-0.15, -0.1) is 0 Å². The maximum absolute atomic E-state index is 12.9. The first kappa shape index (κ1) is 20.4. The lowest BCUT2D eigenvalue weighted by Crippen LogP contribution is -2.30. The monoisotopic (exact) mass is 396 g/mol. The Morgan fingerprint density at radius 3 is 2.41 bits per heavy atom. The van der Waals surface area contributed by atoms with Gasteiger partial charge in [0.1, 0.15) is 5.76 Å². The molecule has 152 valence electrons. The number of benzene rings is 1. The van der Waals surface area contributed by atoms with Gasteiger partial charge in [-0.1, -0.05) is 19.4 Å². The molecule has 7 nitrogen and oxygen atoms in total. The lowest BCUT2D eigenvalue weighted by molar-refractivity contribution is -0.139. The number of amides is 1. The molecule has 1 aliphatic heterocycles. The van der Waals surface area contributed by atoms with Gasteiger partial charge in [-0.05, 0) is 36.2 Å². The first-order valence-electron chi connectivity index (χ1n) is 9.44. The van der Waals surface area contributed by atoms with Crippen LogP contribution >= 0.6 is 0 Å². The van der Waals surface area contributed by atoms with E-state index in [-0.39, 0.29) is 11.3 Å². The van der Waals surface area contributed by atoms with Gasteiger partial charge < -0.3 is 19.5 Å². The number of ether oxygens (including phenoxy) is 2. The van der Waals surface area contributed by atoms with E-state index < -0.39 is 17.7 Å². The zero-order valence-electron chi connectivity index (χ0n) is 16.7. The van der Waals surface area contributed by atoms with Crippen LogP contribution in [0.2, 0.25) is 0 Å². The molecule has 1 aromatic carbocycles. The van der Waals surface area contributed by atoms with E-state index in [2.05, 4.69) is 4.98 Å². The Labute approximate surface area is 169 Å². The number of carbonyl (C=O) groups excluding carboxylic acids is 2. The van der Waals surface area contributed by atoms with Crippen molar-refractivity contribution in [2.75, 3.05) is 20.8 Å². The number of pyridine rings is 1. The number of rotatable bonds is 7. The standard InChI is InChI=1S/C22H24N2O5/c1-4-5-12-24-19(15-6-7-16(28-2)17(13-15)29-3)18(21(26)22(24)27)20(25)14-8-10-23-11-9-14/h6-11,13,19,25H,4-5,12H2,1-3H3/b20-18-. The smallest absolute Gasteiger partial charge is 0.295 e. The summed E-state index contributed by atoms with van der Waals surface area (Å²) in [6.07, 6.45) is 4.65. The molecule has 1 unspecified atom stereocenters. The molecule has 0 saturated carbocycles. The number of aliphatic hydroxyl groups excluding tert-OH is 1. The molecule has 1 aliphatic rings. The fourth-order valence-electron chi connectivity index (χ4n) is 3.47. The van der Waals surface area contributed by atoms with Gasteiger partial charge in [0.2, 0.25) is 0 Å². The minimum absolute atomic E-state index is 0.0597. The molecule has 1 saturated heterocycles. The summed E-state index contributed by atoms with van der Waals surface area (Å²) < 4.78 is 10.7. The number of nitrogens with zero attached hydrogens (tertiary/aromatic N) is 2. The maximum Gasteiger partial charge on any atom is 0.295 e. The molecule has 0 radical (unpaired) electrons. The van der Waals surface area contributed by atoms with E-state index in [1.165, 1.54) is 31.5 Å². The van der Waals surface area contributed by atoms with Crippen molar-refractivity contribution in [3.8, 4) is 11.5 Å². The second-order valence-corrected chi connectivity index (χ2v) is 6.70. The lowest BCUT2D eigenvalue weighted by atomic mass is 9.95. The molecule has 1 N–H and O–H groups in total. The average Bonchev–Trinajstić information content (AvgIpc) is 3.01. The molecule has 1 aromatic heterocycles. The molecule has 1 fully saturated rings. The van der Waals surface area contributed by atoms with Gasteiger partial charge in [-0.25, -0.2) is 0 Å². The highest BCUT2D eigenvalue weighted by molar-refractivity contribution is 6.46. The van der Waals surface area contributed by atoms with Crippen LogP contribution in [0.15, 0.2) is 48.3 Å². The molecule has 0 spiro atoms. The van der Waals surface area contributed by atoms with E-state index in [0.29, 0.717) is 29.2 Å². The molecule has 7 heteroatoms. The SMILES string of the molecule is CCCCN1C(=O)C(=O)/C(=C(\O)c2ccncc2)C1c1ccc(OC)c(OC)c1. The predicted octanol–water partition coefficient (Wildman–Crippen LogP) is 3.32. The van der Waals surface area contributed by atoms with Crippen molar-refractivity contribution in [1.82, 2.24) is 9.88 Å². The molecule has 0 bridgehead atoms. The van der Waals surface area contributed by atoms with Gasteiger partial charge in [0, 0.05) is 24.5 Å². The van der Waals surface area contributed by atoms with E-state index in [1.54, 1.807) is 30.3 Å². The predicted molar refractivity (Wildman–Crippen MR) is 108 cm³/mol. The number of Topliss-reactive ketones (excluding diaryl/α,β-unsaturated/α-hetero) is 1. The third-order valence-electron chi connectivity index (χ3n) is 4.97. The highest BCUT2D eigenvalue weighted by atomic mass is 16.5. The fourth-order valence-corrected chi connectivity index (χ4v) is 3.47. The number of aliphatic hydroxyl groups is 1. The van der Waals surface area contributed by atoms with E-state index in [1.807, 2.05) is 6.92 Å². The number of ketones is 1. The summed E-state index contributed by atoms with van der Waals surface area (Å²) in [7, 11) is 3.06. The van der Waals surface area contributed by atoms with Crippen molar-refractivity contribution in [3.05, 3.63) is 59.4 Å². The number of hydrogen-bond donors (Lipinski definition) is 1. The van der Waals surface area contributed by atoms with Gasteiger partial charge >= 0.3 is 0 Å². The fraction of sp³-hybridized carbons (Fsp3) is 0.318. The van der Waals surface area contributed by atoms with Crippen LogP contribution in [0.5, 0.6) is 11.5 Å². The molecule has 1 amide bonds. The number of aromatic nitrogens is 1. The summed E-state index contributed by atoms with van der Waals surface area (Å²) >= 11 is 0. The van der Waals surface area contributed by atoms with E-state index in [4.69, 9.17) is 9.47 Å². The maximum atomic E-state index is 12.9. The number of hydrogen-bond acceptors (Lipinski definition) is 6. The Morgan fingerprint density at radius 2 is 1.79 bits per heavy atom. The van der Waals surface area contributed by atoms with Crippen molar-refractivity contribution >= 4 is 17.4 Å². The quantitative estimate of drug-likeness (QED) is 0.439. The Hall–Kier alpha value is -3.35. The summed E-state index contributed by atoms with van der Waals surface area (Å²) in [5, 5.41) is 10.9. The normalized spacial score (nSPS) is 18.2. The van der Waals surface area contributed by atoms with Crippen molar-refractivity contribution in [2.24, 2.45) is 0 Å². The summed E-state index contributed by atoms with van der Waals surface area (Å²) in [5.41, 5.74) is 1.15. The van der Waals surface area contributed by atoms with E-state index in [0.717, 1.165) is 12.8 Å². The Bertz CT molecular complexity index is 939. The van der Waals surface area contributed by atoms with E-state index in [9.17, 15) is 14.7 Å². The van der Waals surface area contributed by atoms with Crippen LogP contribution in [0.4, 0.5) is 0 Å². The average molecular weight is 396 g/mol. The van der Waals surface area contributed by atoms with Gasteiger partial charge in [-0.2, -0.15) is 0 Å². The molecular formula is C22H24N2O5. The second-order valence-electron chi connectivity index (χ2n) is 6.70. The molecular weight excluding hydrogens is 372 g/mol. The number of methoxy groups -OCH3 is 2. The molecule has 3 rings (SSSR count). The third kappa shape index (κ3) is 3.81. The molecule has 2 aromatic rings. The molecule has 29 heavy (non-hydrogen) atoms. The van der Waals surface area contributed by atoms with Crippen LogP contribution in [0, 0.1) is 0 Å². The zero-order valence-corrected chi connectivity index (χ0v) is 16.7. The first-order chi connectivity index (χ1) is 14.0. The third-order valence-corrected chi connectivity index (χ3v) is 4.97. The lowest BCUT2D eigenvalue weighted by Gasteiger charge is -2.25. The van der Waals surface area contributed by atoms with Crippen molar-refractivity contribution in [3.63, 3.8) is 0 Å². The second kappa shape index (κ2) is 8.77. The van der Waals surface area contributed by atoms with Crippen LogP contribution in [-0.4, -0.2) is 47.4 Å². The highest BCUT2D eigenvalue weighted by Crippen LogP contribution is 2.41. The summed E-state index contributed by atoms with van der Waals surface area (Å²) in [6.45, 7) is 2.42. The van der Waals surface area contributed by atoms with Crippen molar-refractivity contribution < 1.29 is 24.2 Å². The number of unbranched alkanes of at least 4 members (excludes halogenated alkanes) is 1. The Balaban J connectivity index is 2.18. The van der Waals surface area contributed by atoms with Crippen molar-refractivity contribution in [2.45, 2.75) is 25.8 Å². The van der Waals surface area contributed by atoms with Gasteiger partial charge in [-0.3, -0.25) is 14.6 Å². The van der Waals surface area contributed by atoms with Crippen LogP contribution in [0.25, 0.3) is 5.76 Å². The zero-order chi connectivity index (χ0) is 21.0. The number of likely N-dealkylation sites (tertiary alicyclic amines) is 1. The van der Waals surface area contributed by atoms with E-state index >= 15 is 0 Å². The van der Waals surface area contributed by atoms with Crippen LogP contribution in [-0.2, 0) is 9.59 Å². The molecule has 1 atom stereocenters. The summed E-state index contributed by atoms with van der Waals surface area (Å²) in [6, 6.07) is 7.71. The molecule has 0 aliphatic carbocycles. The van der Waals surface area contributed by atoms with Crippen LogP contribution in [0.3, 0.4) is 0 Å². The minimum atomic E-state index is -0.713. The molecule has 2 heterocycles. The van der Waals surface area contributed by atoms with Crippen LogP contribution < -0.4 is 9.47 Å². The van der Waals surface area contributed by atoms with Gasteiger partial charge in [0.05, 0.1) is 25.8 Å². The largest absolute Gasteiger partial charge is 0.507 e. The topological polar surface area (TPSA) is 89.0 Å². The van der Waals surface area contributed by atoms with Gasteiger partial charge in [0.15, 0.2) is 11.5 Å².